The van der Waals surface area contributed by atoms with Gasteiger partial charge in [0.15, 0.2) is 0 Å². The lowest BCUT2D eigenvalue weighted by Gasteiger charge is -2.07. The molecule has 0 aliphatic carbocycles. The zero-order chi connectivity index (χ0) is 13.4. The standard InChI is InChI=1S/C11H15N2O3PS/c14-9-4-2-1-3-8(9)11(16)13-7-10(15)12-5-6-18-17/h1-4,14H,5-7,17H2,(H,12,15)(H,13,16). The summed E-state index contributed by atoms with van der Waals surface area (Å²) < 4.78 is 0. The smallest absolute Gasteiger partial charge is 0.255 e. The summed E-state index contributed by atoms with van der Waals surface area (Å²) in [7, 11) is 2.49. The minimum atomic E-state index is -0.469. The number of carbonyl (C=O) groups excluding carboxylic acids is 2. The Labute approximate surface area is 112 Å². The van der Waals surface area contributed by atoms with Crippen molar-refractivity contribution in [3.8, 4) is 5.75 Å². The van der Waals surface area contributed by atoms with E-state index in [1.165, 1.54) is 12.1 Å². The van der Waals surface area contributed by atoms with E-state index < -0.39 is 5.91 Å². The topological polar surface area (TPSA) is 78.4 Å². The van der Waals surface area contributed by atoms with Gasteiger partial charge in [-0.1, -0.05) is 20.6 Å². The minimum absolute atomic E-state index is 0.102. The first-order valence-corrected chi connectivity index (χ1v) is 7.76. The Morgan fingerprint density at radius 1 is 1.28 bits per heavy atom. The van der Waals surface area contributed by atoms with E-state index in [4.69, 9.17) is 0 Å². The third kappa shape index (κ3) is 4.94. The van der Waals surface area contributed by atoms with Gasteiger partial charge in [-0.2, -0.15) is 0 Å². The zero-order valence-corrected chi connectivity index (χ0v) is 11.7. The van der Waals surface area contributed by atoms with Crippen molar-refractivity contribution in [1.82, 2.24) is 10.6 Å². The number of hydrogen-bond donors (Lipinski definition) is 3. The van der Waals surface area contributed by atoms with E-state index in [0.29, 0.717) is 6.54 Å². The number of phenolic OH excluding ortho intramolecular Hbond substituents is 1. The first-order chi connectivity index (χ1) is 8.65. The van der Waals surface area contributed by atoms with E-state index >= 15 is 0 Å². The molecule has 0 radical (unpaired) electrons. The van der Waals surface area contributed by atoms with Gasteiger partial charge in [0.25, 0.3) is 5.91 Å². The van der Waals surface area contributed by atoms with Crippen LogP contribution in [0, 0.1) is 0 Å². The zero-order valence-electron chi connectivity index (χ0n) is 9.68. The van der Waals surface area contributed by atoms with Crippen LogP contribution in [0.2, 0.25) is 0 Å². The second kappa shape index (κ2) is 7.95. The number of benzene rings is 1. The summed E-state index contributed by atoms with van der Waals surface area (Å²) in [4.78, 5) is 23.0. The van der Waals surface area contributed by atoms with E-state index in [2.05, 4.69) is 19.1 Å². The SMILES string of the molecule is O=C(CNC(=O)c1ccccc1O)NCCSP. The van der Waals surface area contributed by atoms with Crippen LogP contribution in [0.3, 0.4) is 0 Å². The van der Waals surface area contributed by atoms with Crippen LogP contribution < -0.4 is 10.6 Å². The quantitative estimate of drug-likeness (QED) is 0.533. The third-order valence-electron chi connectivity index (χ3n) is 2.10. The summed E-state index contributed by atoms with van der Waals surface area (Å²) in [5.41, 5.74) is 0.158. The van der Waals surface area contributed by atoms with Gasteiger partial charge in [0, 0.05) is 12.3 Å². The lowest BCUT2D eigenvalue weighted by Crippen LogP contribution is -2.37. The fourth-order valence-electron chi connectivity index (χ4n) is 1.23. The molecule has 5 nitrogen and oxygen atoms in total. The van der Waals surface area contributed by atoms with E-state index in [9.17, 15) is 14.7 Å². The average molecular weight is 286 g/mol. The van der Waals surface area contributed by atoms with Gasteiger partial charge in [0.05, 0.1) is 12.1 Å². The molecule has 7 heteroatoms. The molecule has 1 unspecified atom stereocenters. The Bertz CT molecular complexity index is 429. The number of carbonyl (C=O) groups is 2. The molecule has 1 rings (SSSR count). The molecule has 1 aromatic carbocycles. The summed E-state index contributed by atoms with van der Waals surface area (Å²) in [6, 6.07) is 6.18. The maximum absolute atomic E-state index is 11.6. The Morgan fingerprint density at radius 2 is 2.00 bits per heavy atom. The van der Waals surface area contributed by atoms with Gasteiger partial charge in [-0.3, -0.25) is 9.59 Å². The van der Waals surface area contributed by atoms with Gasteiger partial charge in [-0.25, -0.2) is 0 Å². The Balaban J connectivity index is 2.38. The van der Waals surface area contributed by atoms with Crippen molar-refractivity contribution in [2.24, 2.45) is 0 Å². The lowest BCUT2D eigenvalue weighted by molar-refractivity contribution is -0.120. The highest BCUT2D eigenvalue weighted by Gasteiger charge is 2.10. The molecule has 2 amide bonds. The molecule has 18 heavy (non-hydrogen) atoms. The van der Waals surface area contributed by atoms with Crippen molar-refractivity contribution in [3.63, 3.8) is 0 Å². The fraction of sp³-hybridized carbons (Fsp3) is 0.273. The molecular formula is C11H15N2O3PS. The predicted octanol–water partition coefficient (Wildman–Crippen LogP) is 0.761. The molecule has 0 bridgehead atoms. The van der Waals surface area contributed by atoms with Gasteiger partial charge in [-0.05, 0) is 12.1 Å². The summed E-state index contributed by atoms with van der Waals surface area (Å²) in [6.45, 7) is 0.453. The summed E-state index contributed by atoms with van der Waals surface area (Å²) >= 11 is 1.55. The van der Waals surface area contributed by atoms with Crippen LogP contribution in [0.5, 0.6) is 5.75 Å². The molecule has 0 saturated carbocycles. The number of hydrogen-bond acceptors (Lipinski definition) is 4. The van der Waals surface area contributed by atoms with E-state index in [0.717, 1.165) is 5.75 Å². The van der Waals surface area contributed by atoms with Gasteiger partial charge in [-0.15, -0.1) is 11.4 Å². The lowest BCUT2D eigenvalue weighted by atomic mass is 10.2. The normalized spacial score (nSPS) is 9.83. The molecule has 0 spiro atoms. The highest BCUT2D eigenvalue weighted by molar-refractivity contribution is 8.43. The Kier molecular flexibility index (Phi) is 6.54. The molecule has 0 saturated heterocycles. The maximum Gasteiger partial charge on any atom is 0.255 e. The number of para-hydroxylation sites is 1. The van der Waals surface area contributed by atoms with Crippen molar-refractivity contribution in [1.29, 1.82) is 0 Å². The van der Waals surface area contributed by atoms with E-state index in [1.807, 2.05) is 0 Å². The van der Waals surface area contributed by atoms with Crippen molar-refractivity contribution in [2.75, 3.05) is 18.8 Å². The molecule has 0 aromatic heterocycles. The van der Waals surface area contributed by atoms with Crippen LogP contribution >= 0.6 is 19.8 Å². The third-order valence-corrected chi connectivity index (χ3v) is 3.25. The molecule has 0 aliphatic rings. The van der Waals surface area contributed by atoms with Crippen molar-refractivity contribution < 1.29 is 14.7 Å². The second-order valence-electron chi connectivity index (χ2n) is 3.42. The minimum Gasteiger partial charge on any atom is -0.507 e. The molecule has 0 aliphatic heterocycles. The highest BCUT2D eigenvalue weighted by Crippen LogP contribution is 2.14. The molecule has 0 heterocycles. The Hall–Kier alpha value is -1.26. The average Bonchev–Trinajstić information content (AvgIpc) is 2.37. The van der Waals surface area contributed by atoms with Crippen LogP contribution in [-0.2, 0) is 4.79 Å². The van der Waals surface area contributed by atoms with Crippen molar-refractivity contribution in [2.45, 2.75) is 0 Å². The van der Waals surface area contributed by atoms with Crippen LogP contribution in [-0.4, -0.2) is 35.8 Å². The molecule has 0 fully saturated rings. The van der Waals surface area contributed by atoms with Gasteiger partial charge in [0.2, 0.25) is 5.91 Å². The number of phenols is 1. The number of aromatic hydroxyl groups is 1. The molecular weight excluding hydrogens is 271 g/mol. The van der Waals surface area contributed by atoms with Crippen molar-refractivity contribution in [3.05, 3.63) is 29.8 Å². The number of nitrogens with one attached hydrogen (secondary N) is 2. The first-order valence-electron chi connectivity index (χ1n) is 5.29. The second-order valence-corrected chi connectivity index (χ2v) is 5.16. The predicted molar refractivity (Wildman–Crippen MR) is 75.6 cm³/mol. The van der Waals surface area contributed by atoms with E-state index in [-0.39, 0.29) is 23.8 Å². The van der Waals surface area contributed by atoms with Crippen molar-refractivity contribution >= 4 is 31.6 Å². The monoisotopic (exact) mass is 286 g/mol. The fourth-order valence-corrected chi connectivity index (χ4v) is 1.81. The molecule has 3 N–H and O–H groups in total. The first kappa shape index (κ1) is 14.8. The van der Waals surface area contributed by atoms with Gasteiger partial charge in [0.1, 0.15) is 5.75 Å². The van der Waals surface area contributed by atoms with Gasteiger partial charge < -0.3 is 15.7 Å². The van der Waals surface area contributed by atoms with Gasteiger partial charge >= 0.3 is 0 Å². The highest BCUT2D eigenvalue weighted by atomic mass is 32.7. The summed E-state index contributed by atoms with van der Waals surface area (Å²) in [6.07, 6.45) is 0. The number of amides is 2. The van der Waals surface area contributed by atoms with Crippen LogP contribution in [0.1, 0.15) is 10.4 Å². The molecule has 98 valence electrons. The summed E-state index contributed by atoms with van der Waals surface area (Å²) in [5, 5.41) is 14.6. The number of rotatable bonds is 6. The summed E-state index contributed by atoms with van der Waals surface area (Å²) in [5.74, 6) is -0.0274. The van der Waals surface area contributed by atoms with Crippen LogP contribution in [0.15, 0.2) is 24.3 Å². The maximum atomic E-state index is 11.6. The molecule has 1 atom stereocenters. The molecule has 1 aromatic rings. The van der Waals surface area contributed by atoms with Crippen LogP contribution in [0.25, 0.3) is 0 Å². The largest absolute Gasteiger partial charge is 0.507 e. The van der Waals surface area contributed by atoms with Crippen LogP contribution in [0.4, 0.5) is 0 Å². The Morgan fingerprint density at radius 3 is 2.67 bits per heavy atom. The van der Waals surface area contributed by atoms with E-state index in [1.54, 1.807) is 23.5 Å².